The largest absolute Gasteiger partial charge is 0.493 e. The van der Waals surface area contributed by atoms with Gasteiger partial charge in [0, 0.05) is 5.56 Å². The van der Waals surface area contributed by atoms with E-state index in [2.05, 4.69) is 45.9 Å². The van der Waals surface area contributed by atoms with Crippen molar-refractivity contribution >= 4 is 17.8 Å². The van der Waals surface area contributed by atoms with E-state index in [4.69, 9.17) is 9.47 Å². The average molecular weight is 393 g/mol. The third-order valence-corrected chi connectivity index (χ3v) is 6.07. The van der Waals surface area contributed by atoms with Crippen LogP contribution in [0.1, 0.15) is 80.1 Å². The van der Waals surface area contributed by atoms with Crippen LogP contribution in [0.2, 0.25) is 0 Å². The number of hydrogen-bond acceptors (Lipinski definition) is 3. The van der Waals surface area contributed by atoms with Crippen LogP contribution in [0.3, 0.4) is 0 Å². The highest BCUT2D eigenvalue weighted by Crippen LogP contribution is 2.46. The van der Waals surface area contributed by atoms with Crippen LogP contribution in [-0.4, -0.2) is 19.7 Å². The van der Waals surface area contributed by atoms with Crippen molar-refractivity contribution in [2.24, 2.45) is 0 Å². The molecule has 3 nitrogen and oxygen atoms in total. The Morgan fingerprint density at radius 3 is 2.10 bits per heavy atom. The van der Waals surface area contributed by atoms with Gasteiger partial charge in [0.15, 0.2) is 0 Å². The van der Waals surface area contributed by atoms with Gasteiger partial charge in [0.1, 0.15) is 5.76 Å². The first-order chi connectivity index (χ1) is 13.7. The topological polar surface area (TPSA) is 35.5 Å². The van der Waals surface area contributed by atoms with Crippen molar-refractivity contribution in [2.45, 2.75) is 58.3 Å². The molecule has 1 aliphatic rings. The smallest absolute Gasteiger partial charge is 0.337 e. The summed E-state index contributed by atoms with van der Waals surface area (Å²) in [5, 5.41) is 0. The van der Waals surface area contributed by atoms with Crippen LogP contribution in [0.15, 0.2) is 42.5 Å². The highest BCUT2D eigenvalue weighted by Gasteiger charge is 2.37. The summed E-state index contributed by atoms with van der Waals surface area (Å²) in [4.78, 5) is 11.7. The zero-order valence-corrected chi connectivity index (χ0v) is 18.5. The van der Waals surface area contributed by atoms with Gasteiger partial charge >= 0.3 is 5.97 Å². The molecule has 0 radical (unpaired) electrons. The normalized spacial score (nSPS) is 17.4. The van der Waals surface area contributed by atoms with Gasteiger partial charge in [-0.2, -0.15) is 0 Å². The van der Waals surface area contributed by atoms with Crippen LogP contribution in [0.4, 0.5) is 0 Å². The number of esters is 1. The molecule has 0 atom stereocenters. The lowest BCUT2D eigenvalue weighted by atomic mass is 9.63. The second-order valence-electron chi connectivity index (χ2n) is 9.08. The van der Waals surface area contributed by atoms with E-state index in [-0.39, 0.29) is 16.8 Å². The second-order valence-corrected chi connectivity index (χ2v) is 9.08. The van der Waals surface area contributed by atoms with Gasteiger partial charge in [-0.15, -0.1) is 0 Å². The zero-order chi connectivity index (χ0) is 21.2. The molecule has 3 heteroatoms. The molecule has 0 spiro atoms. The van der Waals surface area contributed by atoms with Gasteiger partial charge in [0.2, 0.25) is 0 Å². The van der Waals surface area contributed by atoms with Crippen molar-refractivity contribution in [3.63, 3.8) is 0 Å². The van der Waals surface area contributed by atoms with E-state index in [0.717, 1.165) is 16.9 Å². The van der Waals surface area contributed by atoms with E-state index in [1.54, 1.807) is 12.1 Å². The molecular weight excluding hydrogens is 360 g/mol. The lowest BCUT2D eigenvalue weighted by Gasteiger charge is -2.42. The summed E-state index contributed by atoms with van der Waals surface area (Å²) in [7, 11) is 1.39. The van der Waals surface area contributed by atoms with Crippen LogP contribution in [-0.2, 0) is 20.3 Å². The Balaban J connectivity index is 2.02. The molecule has 2 aromatic carbocycles. The molecular formula is C26H32O3. The highest BCUT2D eigenvalue weighted by molar-refractivity contribution is 5.90. The number of ether oxygens (including phenoxy) is 2. The van der Waals surface area contributed by atoms with Crippen LogP contribution < -0.4 is 0 Å². The summed E-state index contributed by atoms with van der Waals surface area (Å²) in [6.07, 6.45) is 4.42. The van der Waals surface area contributed by atoms with Crippen LogP contribution in [0.25, 0.3) is 11.8 Å². The maximum atomic E-state index is 11.7. The Bertz CT molecular complexity index is 917. The molecule has 0 N–H and O–H groups in total. The molecule has 0 aromatic heterocycles. The number of carbonyl (C=O) groups is 1. The molecule has 0 saturated heterocycles. The minimum Gasteiger partial charge on any atom is -0.493 e. The summed E-state index contributed by atoms with van der Waals surface area (Å²) < 4.78 is 10.8. The molecule has 0 bridgehead atoms. The van der Waals surface area contributed by atoms with Gasteiger partial charge < -0.3 is 9.47 Å². The Labute approximate surface area is 174 Å². The molecule has 29 heavy (non-hydrogen) atoms. The minimum absolute atomic E-state index is 0.153. The Morgan fingerprint density at radius 2 is 1.52 bits per heavy atom. The third kappa shape index (κ3) is 4.39. The maximum absolute atomic E-state index is 11.7. The molecule has 3 rings (SSSR count). The Morgan fingerprint density at radius 1 is 0.931 bits per heavy atom. The first-order valence-corrected chi connectivity index (χ1v) is 10.4. The van der Waals surface area contributed by atoms with Crippen molar-refractivity contribution < 1.29 is 14.3 Å². The van der Waals surface area contributed by atoms with Crippen molar-refractivity contribution in [3.8, 4) is 0 Å². The lowest BCUT2D eigenvalue weighted by molar-refractivity contribution is 0.0600. The number of carbonyl (C=O) groups excluding carboxylic acids is 1. The highest BCUT2D eigenvalue weighted by atomic mass is 16.5. The van der Waals surface area contributed by atoms with E-state index >= 15 is 0 Å². The fourth-order valence-electron chi connectivity index (χ4n) is 4.09. The summed E-state index contributed by atoms with van der Waals surface area (Å²) in [6.45, 7) is 11.9. The molecule has 0 heterocycles. The summed E-state index contributed by atoms with van der Waals surface area (Å²) in [6, 6.07) is 14.1. The number of hydrogen-bond donors (Lipinski definition) is 0. The predicted molar refractivity (Wildman–Crippen MR) is 119 cm³/mol. The van der Waals surface area contributed by atoms with Crippen molar-refractivity contribution in [1.29, 1.82) is 0 Å². The molecule has 0 fully saturated rings. The first kappa shape index (κ1) is 21.2. The molecule has 2 aromatic rings. The molecule has 1 aliphatic carbocycles. The van der Waals surface area contributed by atoms with Gasteiger partial charge in [-0.1, -0.05) is 52.0 Å². The number of benzene rings is 2. The van der Waals surface area contributed by atoms with Gasteiger partial charge in [-0.3, -0.25) is 0 Å². The van der Waals surface area contributed by atoms with Gasteiger partial charge in [-0.25, -0.2) is 4.79 Å². The molecule has 154 valence electrons. The standard InChI is InChI=1S/C26H32O3/c1-7-29-23(16-18-8-10-19(11-9-18)24(27)28-6)20-12-13-21-22(17-20)26(4,5)15-14-25(21,2)3/h8-13,16-17H,7,14-15H2,1-6H3. The fourth-order valence-corrected chi connectivity index (χ4v) is 4.09. The first-order valence-electron chi connectivity index (χ1n) is 10.4. The van der Waals surface area contributed by atoms with Crippen LogP contribution in [0, 0.1) is 0 Å². The Hall–Kier alpha value is -2.55. The molecule has 0 aliphatic heterocycles. The number of fused-ring (bicyclic) bond motifs is 1. The fraction of sp³-hybridized carbons (Fsp3) is 0.423. The van der Waals surface area contributed by atoms with Gasteiger partial charge in [0.25, 0.3) is 0 Å². The summed E-state index contributed by atoms with van der Waals surface area (Å²) >= 11 is 0. The molecule has 0 saturated carbocycles. The summed E-state index contributed by atoms with van der Waals surface area (Å²) in [5.74, 6) is 0.519. The van der Waals surface area contributed by atoms with E-state index in [1.807, 2.05) is 25.1 Å². The van der Waals surface area contributed by atoms with E-state index in [9.17, 15) is 4.79 Å². The molecule has 0 amide bonds. The monoisotopic (exact) mass is 392 g/mol. The van der Waals surface area contributed by atoms with Crippen LogP contribution in [0.5, 0.6) is 0 Å². The summed E-state index contributed by atoms with van der Waals surface area (Å²) in [5.41, 5.74) is 5.82. The van der Waals surface area contributed by atoms with E-state index < -0.39 is 0 Å². The number of rotatable bonds is 5. The van der Waals surface area contributed by atoms with Crippen molar-refractivity contribution in [2.75, 3.05) is 13.7 Å². The molecule has 0 unspecified atom stereocenters. The quantitative estimate of drug-likeness (QED) is 0.337. The predicted octanol–water partition coefficient (Wildman–Crippen LogP) is 6.36. The SMILES string of the molecule is CCOC(=Cc1ccc(C(=O)OC)cc1)c1ccc2c(c1)C(C)(C)CCC2(C)C. The average Bonchev–Trinajstić information content (AvgIpc) is 2.71. The van der Waals surface area contributed by atoms with Crippen molar-refractivity contribution in [1.82, 2.24) is 0 Å². The van der Waals surface area contributed by atoms with E-state index in [1.165, 1.54) is 31.1 Å². The lowest BCUT2D eigenvalue weighted by Crippen LogP contribution is -2.33. The van der Waals surface area contributed by atoms with E-state index in [0.29, 0.717) is 12.2 Å². The zero-order valence-electron chi connectivity index (χ0n) is 18.5. The third-order valence-electron chi connectivity index (χ3n) is 6.07. The van der Waals surface area contributed by atoms with Crippen LogP contribution >= 0.6 is 0 Å². The second kappa shape index (κ2) is 8.06. The van der Waals surface area contributed by atoms with Gasteiger partial charge in [0.05, 0.1) is 19.3 Å². The Kier molecular flexibility index (Phi) is 5.88. The minimum atomic E-state index is -0.329. The van der Waals surface area contributed by atoms with Gasteiger partial charge in [-0.05, 0) is 71.6 Å². The van der Waals surface area contributed by atoms with Crippen molar-refractivity contribution in [3.05, 3.63) is 70.3 Å². The maximum Gasteiger partial charge on any atom is 0.337 e. The number of methoxy groups -OCH3 is 1.